The molecule has 0 amide bonds. The third-order valence-corrected chi connectivity index (χ3v) is 3.37. The number of rotatable bonds is 9. The molecule has 2 atom stereocenters. The van der Waals surface area contributed by atoms with Crippen LogP contribution in [0.25, 0.3) is 0 Å². The van der Waals surface area contributed by atoms with Gasteiger partial charge < -0.3 is 10.6 Å². The third kappa shape index (κ3) is 6.16. The maximum atomic E-state index is 5.74. The first kappa shape index (κ1) is 14.9. The van der Waals surface area contributed by atoms with E-state index in [1.807, 2.05) is 0 Å². The summed E-state index contributed by atoms with van der Waals surface area (Å²) in [6, 6.07) is 0.632. The predicted octanol–water partition coefficient (Wildman–Crippen LogP) is 2.87. The zero-order valence-corrected chi connectivity index (χ0v) is 11.1. The van der Waals surface area contributed by atoms with Gasteiger partial charge in [-0.3, -0.25) is 0 Å². The lowest BCUT2D eigenvalue weighted by atomic mass is 10.0. The highest BCUT2D eigenvalue weighted by Crippen LogP contribution is 2.12. The first-order chi connectivity index (χ1) is 7.17. The lowest BCUT2D eigenvalue weighted by Gasteiger charge is -2.32. The van der Waals surface area contributed by atoms with Gasteiger partial charge >= 0.3 is 0 Å². The lowest BCUT2D eigenvalue weighted by molar-refractivity contribution is 0.159. The molecule has 0 aliphatic carbocycles. The van der Waals surface area contributed by atoms with E-state index in [-0.39, 0.29) is 0 Å². The van der Waals surface area contributed by atoms with Crippen LogP contribution in [0.15, 0.2) is 0 Å². The molecule has 0 rings (SSSR count). The first-order valence-electron chi connectivity index (χ1n) is 6.61. The molecular formula is C13H30N2. The van der Waals surface area contributed by atoms with Crippen molar-refractivity contribution in [3.63, 3.8) is 0 Å². The Hall–Kier alpha value is -0.0800. The van der Waals surface area contributed by atoms with Gasteiger partial charge in [-0.05, 0) is 45.3 Å². The average Bonchev–Trinajstić information content (AvgIpc) is 2.27. The second kappa shape index (κ2) is 9.17. The zero-order valence-electron chi connectivity index (χ0n) is 11.1. The molecule has 92 valence electrons. The van der Waals surface area contributed by atoms with E-state index >= 15 is 0 Å². The van der Waals surface area contributed by atoms with Gasteiger partial charge in [0.05, 0.1) is 0 Å². The zero-order chi connectivity index (χ0) is 11.7. The largest absolute Gasteiger partial charge is 0.330 e. The van der Waals surface area contributed by atoms with Crippen LogP contribution in [0.5, 0.6) is 0 Å². The normalized spacial score (nSPS) is 15.6. The Balaban J connectivity index is 4.06. The molecule has 0 spiro atoms. The van der Waals surface area contributed by atoms with Crippen molar-refractivity contribution < 1.29 is 0 Å². The summed E-state index contributed by atoms with van der Waals surface area (Å²) in [6.45, 7) is 12.4. The van der Waals surface area contributed by atoms with Gasteiger partial charge in [-0.1, -0.05) is 33.6 Å². The Labute approximate surface area is 96.2 Å². The summed E-state index contributed by atoms with van der Waals surface area (Å²) in [4.78, 5) is 2.62. The van der Waals surface area contributed by atoms with Gasteiger partial charge in [-0.2, -0.15) is 0 Å². The van der Waals surface area contributed by atoms with E-state index in [0.717, 1.165) is 6.54 Å². The molecule has 2 nitrogen and oxygen atoms in total. The third-order valence-electron chi connectivity index (χ3n) is 3.37. The van der Waals surface area contributed by atoms with Crippen molar-refractivity contribution in [1.29, 1.82) is 0 Å². The maximum Gasteiger partial charge on any atom is 0.0105 e. The molecule has 0 saturated carbocycles. The van der Waals surface area contributed by atoms with E-state index in [2.05, 4.69) is 32.6 Å². The molecule has 0 aromatic heterocycles. The highest BCUT2D eigenvalue weighted by atomic mass is 15.1. The van der Waals surface area contributed by atoms with Crippen LogP contribution in [0, 0.1) is 5.92 Å². The Morgan fingerprint density at radius 2 is 1.47 bits per heavy atom. The van der Waals surface area contributed by atoms with Crippen LogP contribution in [-0.2, 0) is 0 Å². The van der Waals surface area contributed by atoms with Gasteiger partial charge in [0.15, 0.2) is 0 Å². The summed E-state index contributed by atoms with van der Waals surface area (Å²) in [5.74, 6) is 0.610. The van der Waals surface area contributed by atoms with Crippen LogP contribution in [0.2, 0.25) is 0 Å². The summed E-state index contributed by atoms with van der Waals surface area (Å²) in [6.07, 6.45) is 5.19. The first-order valence-corrected chi connectivity index (χ1v) is 6.61. The fourth-order valence-electron chi connectivity index (χ4n) is 1.80. The summed E-state index contributed by atoms with van der Waals surface area (Å²) in [5.41, 5.74) is 5.74. The summed E-state index contributed by atoms with van der Waals surface area (Å²) in [5, 5.41) is 0. The second-order valence-corrected chi connectivity index (χ2v) is 4.70. The molecule has 0 radical (unpaired) electrons. The molecule has 0 fully saturated rings. The SMILES string of the molecule is CCCCN(CCCC)C(C)C(C)CN. The predicted molar refractivity (Wildman–Crippen MR) is 69.1 cm³/mol. The van der Waals surface area contributed by atoms with Crippen molar-refractivity contribution in [2.45, 2.75) is 59.4 Å². The number of nitrogens with two attached hydrogens (primary N) is 1. The van der Waals surface area contributed by atoms with Gasteiger partial charge in [0.1, 0.15) is 0 Å². The van der Waals surface area contributed by atoms with Gasteiger partial charge in [-0.15, -0.1) is 0 Å². The van der Waals surface area contributed by atoms with Crippen molar-refractivity contribution in [2.24, 2.45) is 11.7 Å². The van der Waals surface area contributed by atoms with Gasteiger partial charge in [0.25, 0.3) is 0 Å². The van der Waals surface area contributed by atoms with Crippen molar-refractivity contribution >= 4 is 0 Å². The minimum absolute atomic E-state index is 0.610. The van der Waals surface area contributed by atoms with E-state index in [1.165, 1.54) is 38.8 Å². The monoisotopic (exact) mass is 214 g/mol. The van der Waals surface area contributed by atoms with Gasteiger partial charge in [0, 0.05) is 6.04 Å². The van der Waals surface area contributed by atoms with Gasteiger partial charge in [0.2, 0.25) is 0 Å². The minimum Gasteiger partial charge on any atom is -0.330 e. The molecule has 2 heteroatoms. The molecule has 0 saturated heterocycles. The van der Waals surface area contributed by atoms with Crippen LogP contribution in [-0.4, -0.2) is 30.6 Å². The van der Waals surface area contributed by atoms with Crippen molar-refractivity contribution in [2.75, 3.05) is 19.6 Å². The smallest absolute Gasteiger partial charge is 0.0105 e. The topological polar surface area (TPSA) is 29.3 Å². The van der Waals surface area contributed by atoms with E-state index in [9.17, 15) is 0 Å². The molecule has 0 bridgehead atoms. The second-order valence-electron chi connectivity index (χ2n) is 4.70. The summed E-state index contributed by atoms with van der Waals surface area (Å²) in [7, 11) is 0. The summed E-state index contributed by atoms with van der Waals surface area (Å²) < 4.78 is 0. The molecular weight excluding hydrogens is 184 g/mol. The lowest BCUT2D eigenvalue weighted by Crippen LogP contribution is -2.41. The molecule has 0 aliphatic rings. The van der Waals surface area contributed by atoms with Crippen LogP contribution < -0.4 is 5.73 Å². The summed E-state index contributed by atoms with van der Waals surface area (Å²) >= 11 is 0. The Kier molecular flexibility index (Phi) is 9.12. The van der Waals surface area contributed by atoms with Crippen molar-refractivity contribution in [3.8, 4) is 0 Å². The molecule has 2 unspecified atom stereocenters. The number of hydrogen-bond donors (Lipinski definition) is 1. The number of hydrogen-bond acceptors (Lipinski definition) is 2. The van der Waals surface area contributed by atoms with E-state index in [1.54, 1.807) is 0 Å². The van der Waals surface area contributed by atoms with E-state index in [4.69, 9.17) is 5.73 Å². The highest BCUT2D eigenvalue weighted by Gasteiger charge is 2.17. The van der Waals surface area contributed by atoms with E-state index < -0.39 is 0 Å². The van der Waals surface area contributed by atoms with Crippen LogP contribution in [0.4, 0.5) is 0 Å². The molecule has 0 aromatic carbocycles. The molecule has 0 aromatic rings. The fourth-order valence-corrected chi connectivity index (χ4v) is 1.80. The number of unbranched alkanes of at least 4 members (excludes halogenated alkanes) is 2. The quantitative estimate of drug-likeness (QED) is 0.639. The van der Waals surface area contributed by atoms with Crippen LogP contribution in [0.3, 0.4) is 0 Å². The van der Waals surface area contributed by atoms with Gasteiger partial charge in [-0.25, -0.2) is 0 Å². The fraction of sp³-hybridized carbons (Fsp3) is 1.00. The maximum absolute atomic E-state index is 5.74. The average molecular weight is 214 g/mol. The molecule has 0 aliphatic heterocycles. The van der Waals surface area contributed by atoms with Crippen molar-refractivity contribution in [1.82, 2.24) is 4.90 Å². The standard InChI is InChI=1S/C13H30N2/c1-5-7-9-15(10-8-6-2)13(4)12(3)11-14/h12-13H,5-11,14H2,1-4H3. The molecule has 2 N–H and O–H groups in total. The van der Waals surface area contributed by atoms with Crippen LogP contribution in [0.1, 0.15) is 53.4 Å². The minimum atomic E-state index is 0.610. The Bertz CT molecular complexity index is 128. The molecule has 0 heterocycles. The van der Waals surface area contributed by atoms with Crippen molar-refractivity contribution in [3.05, 3.63) is 0 Å². The van der Waals surface area contributed by atoms with Crippen LogP contribution >= 0.6 is 0 Å². The highest BCUT2D eigenvalue weighted by molar-refractivity contribution is 4.73. The number of nitrogens with zero attached hydrogens (tertiary/aromatic N) is 1. The van der Waals surface area contributed by atoms with E-state index in [0.29, 0.717) is 12.0 Å². The Morgan fingerprint density at radius 1 is 1.00 bits per heavy atom. The molecule has 15 heavy (non-hydrogen) atoms. The Morgan fingerprint density at radius 3 is 1.80 bits per heavy atom.